The minimum atomic E-state index is 0.551. The van der Waals surface area contributed by atoms with Gasteiger partial charge in [0, 0.05) is 25.0 Å². The first-order valence-electron chi connectivity index (χ1n) is 6.52. The highest BCUT2D eigenvalue weighted by Gasteiger charge is 2.41. The molecule has 2 aliphatic heterocycles. The number of nitrogens with one attached hydrogen (secondary N) is 1. The van der Waals surface area contributed by atoms with Gasteiger partial charge in [0.15, 0.2) is 5.82 Å². The molecule has 4 nitrogen and oxygen atoms in total. The van der Waals surface area contributed by atoms with E-state index >= 15 is 0 Å². The molecule has 2 aliphatic rings. The molecule has 3 atom stereocenters. The second-order valence-electron chi connectivity index (χ2n) is 5.28. The molecule has 2 aromatic heterocycles. The molecule has 0 aromatic carbocycles. The molecule has 0 spiro atoms. The summed E-state index contributed by atoms with van der Waals surface area (Å²) in [5.74, 6) is 2.58. The molecule has 2 aromatic rings. The van der Waals surface area contributed by atoms with Crippen LogP contribution in [0.25, 0.3) is 10.7 Å². The van der Waals surface area contributed by atoms with Gasteiger partial charge in [-0.05, 0) is 30.7 Å². The first kappa shape index (κ1) is 10.7. The van der Waals surface area contributed by atoms with Crippen LogP contribution >= 0.6 is 11.3 Å². The van der Waals surface area contributed by atoms with E-state index in [0.29, 0.717) is 18.0 Å². The predicted molar refractivity (Wildman–Crippen MR) is 71.6 cm³/mol. The number of aromatic nitrogens is 3. The smallest absolute Gasteiger partial charge is 0.191 e. The summed E-state index contributed by atoms with van der Waals surface area (Å²) in [6, 6.07) is 5.47. The Morgan fingerprint density at radius 1 is 1.44 bits per heavy atom. The quantitative estimate of drug-likeness (QED) is 0.899. The van der Waals surface area contributed by atoms with Crippen molar-refractivity contribution in [3.63, 3.8) is 0 Å². The Morgan fingerprint density at radius 3 is 3.06 bits per heavy atom. The number of thiophene rings is 1. The van der Waals surface area contributed by atoms with E-state index in [-0.39, 0.29) is 0 Å². The maximum absolute atomic E-state index is 4.78. The molecule has 94 valence electrons. The van der Waals surface area contributed by atoms with Crippen LogP contribution in [0.2, 0.25) is 0 Å². The van der Waals surface area contributed by atoms with Gasteiger partial charge in [0.05, 0.1) is 4.88 Å². The van der Waals surface area contributed by atoms with Gasteiger partial charge in [-0.2, -0.15) is 5.10 Å². The summed E-state index contributed by atoms with van der Waals surface area (Å²) < 4.78 is 1.97. The SMILES string of the molecule is Cn1nc(-c2cccs2)nc1C1CC2CCC1N2. The average molecular weight is 260 g/mol. The van der Waals surface area contributed by atoms with Gasteiger partial charge in [-0.25, -0.2) is 4.98 Å². The number of rotatable bonds is 2. The fraction of sp³-hybridized carbons (Fsp3) is 0.538. The zero-order valence-corrected chi connectivity index (χ0v) is 11.2. The largest absolute Gasteiger partial charge is 0.310 e. The summed E-state index contributed by atoms with van der Waals surface area (Å²) >= 11 is 1.70. The van der Waals surface area contributed by atoms with Gasteiger partial charge in [-0.1, -0.05) is 6.07 Å². The zero-order valence-electron chi connectivity index (χ0n) is 10.3. The third-order valence-electron chi connectivity index (χ3n) is 4.17. The van der Waals surface area contributed by atoms with Crippen molar-refractivity contribution >= 4 is 11.3 Å². The Hall–Kier alpha value is -1.20. The fourth-order valence-corrected chi connectivity index (χ4v) is 3.99. The highest BCUT2D eigenvalue weighted by molar-refractivity contribution is 7.13. The predicted octanol–water partition coefficient (Wildman–Crippen LogP) is 2.15. The maximum atomic E-state index is 4.78. The lowest BCUT2D eigenvalue weighted by atomic mass is 9.88. The molecular formula is C13H16N4S. The maximum Gasteiger partial charge on any atom is 0.191 e. The van der Waals surface area contributed by atoms with Gasteiger partial charge in [0.2, 0.25) is 0 Å². The van der Waals surface area contributed by atoms with Crippen molar-refractivity contribution in [3.8, 4) is 10.7 Å². The van der Waals surface area contributed by atoms with Crippen molar-refractivity contribution in [3.05, 3.63) is 23.3 Å². The molecule has 0 aliphatic carbocycles. The van der Waals surface area contributed by atoms with Gasteiger partial charge in [-0.15, -0.1) is 11.3 Å². The highest BCUT2D eigenvalue weighted by Crippen LogP contribution is 2.39. The van der Waals surface area contributed by atoms with Crippen LogP contribution in [-0.4, -0.2) is 26.8 Å². The first-order valence-corrected chi connectivity index (χ1v) is 7.40. The van der Waals surface area contributed by atoms with Crippen LogP contribution in [0.15, 0.2) is 17.5 Å². The molecular weight excluding hydrogens is 244 g/mol. The van der Waals surface area contributed by atoms with E-state index in [2.05, 4.69) is 27.9 Å². The lowest BCUT2D eigenvalue weighted by Crippen LogP contribution is -2.23. The fourth-order valence-electron chi connectivity index (χ4n) is 3.34. The van der Waals surface area contributed by atoms with Crippen molar-refractivity contribution in [1.29, 1.82) is 0 Å². The number of hydrogen-bond acceptors (Lipinski definition) is 4. The van der Waals surface area contributed by atoms with E-state index in [9.17, 15) is 0 Å². The second-order valence-corrected chi connectivity index (χ2v) is 6.23. The van der Waals surface area contributed by atoms with Gasteiger partial charge in [0.25, 0.3) is 0 Å². The molecule has 1 N–H and O–H groups in total. The summed E-state index contributed by atoms with van der Waals surface area (Å²) in [5, 5.41) is 10.3. The van der Waals surface area contributed by atoms with E-state index < -0.39 is 0 Å². The molecule has 4 heterocycles. The van der Waals surface area contributed by atoms with E-state index in [4.69, 9.17) is 4.98 Å². The summed E-state index contributed by atoms with van der Waals surface area (Å²) in [6.45, 7) is 0. The van der Waals surface area contributed by atoms with Crippen molar-refractivity contribution in [2.24, 2.45) is 7.05 Å². The highest BCUT2D eigenvalue weighted by atomic mass is 32.1. The van der Waals surface area contributed by atoms with Crippen LogP contribution in [0.4, 0.5) is 0 Å². The molecule has 4 rings (SSSR count). The average Bonchev–Trinajstić information content (AvgIpc) is 3.13. The topological polar surface area (TPSA) is 42.7 Å². The zero-order chi connectivity index (χ0) is 12.1. The first-order chi connectivity index (χ1) is 8.81. The molecule has 2 saturated heterocycles. The van der Waals surface area contributed by atoms with Crippen LogP contribution in [0.3, 0.4) is 0 Å². The molecule has 0 radical (unpaired) electrons. The van der Waals surface area contributed by atoms with Gasteiger partial charge in [-0.3, -0.25) is 4.68 Å². The van der Waals surface area contributed by atoms with Crippen molar-refractivity contribution in [2.45, 2.75) is 37.3 Å². The van der Waals surface area contributed by atoms with Crippen molar-refractivity contribution in [1.82, 2.24) is 20.1 Å². The number of hydrogen-bond donors (Lipinski definition) is 1. The Labute approximate surface area is 110 Å². The van der Waals surface area contributed by atoms with E-state index in [1.54, 1.807) is 11.3 Å². The number of fused-ring (bicyclic) bond motifs is 2. The van der Waals surface area contributed by atoms with Crippen LogP contribution in [-0.2, 0) is 7.05 Å². The van der Waals surface area contributed by atoms with Crippen molar-refractivity contribution < 1.29 is 0 Å². The molecule has 18 heavy (non-hydrogen) atoms. The number of aryl methyl sites for hydroxylation is 1. The summed E-state index contributed by atoms with van der Waals surface area (Å²) in [6.07, 6.45) is 3.84. The van der Waals surface area contributed by atoms with Crippen molar-refractivity contribution in [2.75, 3.05) is 0 Å². The van der Waals surface area contributed by atoms with E-state index in [0.717, 1.165) is 16.5 Å². The van der Waals surface area contributed by atoms with E-state index in [1.165, 1.54) is 19.3 Å². The Morgan fingerprint density at radius 2 is 2.39 bits per heavy atom. The van der Waals surface area contributed by atoms with E-state index in [1.807, 2.05) is 11.7 Å². The Balaban J connectivity index is 1.69. The molecule has 3 unspecified atom stereocenters. The Bertz CT molecular complexity index is 560. The minimum absolute atomic E-state index is 0.551. The molecule has 0 amide bonds. The third kappa shape index (κ3) is 1.54. The van der Waals surface area contributed by atoms with Gasteiger partial charge >= 0.3 is 0 Å². The van der Waals surface area contributed by atoms with Crippen LogP contribution in [0.1, 0.15) is 31.0 Å². The molecule has 2 bridgehead atoms. The summed E-state index contributed by atoms with van der Waals surface area (Å²) in [5.41, 5.74) is 0. The number of nitrogens with zero attached hydrogens (tertiary/aromatic N) is 3. The lowest BCUT2D eigenvalue weighted by molar-refractivity contribution is 0.469. The van der Waals surface area contributed by atoms with Crippen LogP contribution < -0.4 is 5.32 Å². The minimum Gasteiger partial charge on any atom is -0.310 e. The monoisotopic (exact) mass is 260 g/mol. The summed E-state index contributed by atoms with van der Waals surface area (Å²) in [4.78, 5) is 5.94. The standard InChI is InChI=1S/C13H16N4S/c1-17-13(9-7-8-4-5-10(9)14-8)15-12(16-17)11-3-2-6-18-11/h2-3,6,8-10,14H,4-5,7H2,1H3. The van der Waals surface area contributed by atoms with Crippen LogP contribution in [0, 0.1) is 0 Å². The third-order valence-corrected chi connectivity index (χ3v) is 5.04. The Kier molecular flexibility index (Phi) is 2.32. The second kappa shape index (κ2) is 3.90. The molecule has 5 heteroatoms. The lowest BCUT2D eigenvalue weighted by Gasteiger charge is -2.18. The summed E-state index contributed by atoms with van der Waals surface area (Å²) in [7, 11) is 2.02. The van der Waals surface area contributed by atoms with Crippen LogP contribution in [0.5, 0.6) is 0 Å². The normalized spacial score (nSPS) is 30.2. The van der Waals surface area contributed by atoms with Gasteiger partial charge in [0.1, 0.15) is 5.82 Å². The molecule has 2 fully saturated rings. The van der Waals surface area contributed by atoms with Gasteiger partial charge < -0.3 is 5.32 Å². The molecule has 0 saturated carbocycles.